The van der Waals surface area contributed by atoms with Crippen molar-refractivity contribution in [2.75, 3.05) is 18.5 Å². The van der Waals surface area contributed by atoms with Gasteiger partial charge in [0.05, 0.1) is 6.61 Å². The first kappa shape index (κ1) is 17.5. The summed E-state index contributed by atoms with van der Waals surface area (Å²) in [6.07, 6.45) is 4.24. The van der Waals surface area contributed by atoms with E-state index in [0.29, 0.717) is 25.3 Å². The number of carbonyl (C=O) groups excluding carboxylic acids is 3. The fraction of sp³-hybridized carbons (Fsp3) is 0.353. The summed E-state index contributed by atoms with van der Waals surface area (Å²) in [5, 5.41) is 8.22. The Morgan fingerprint density at radius 2 is 2.08 bits per heavy atom. The van der Waals surface area contributed by atoms with Crippen molar-refractivity contribution in [3.8, 4) is 0 Å². The average molecular weight is 331 g/mol. The van der Waals surface area contributed by atoms with Gasteiger partial charge in [0.2, 0.25) is 5.91 Å². The van der Waals surface area contributed by atoms with Gasteiger partial charge >= 0.3 is 12.0 Å². The van der Waals surface area contributed by atoms with Crippen LogP contribution in [-0.4, -0.2) is 37.1 Å². The molecule has 1 aliphatic rings. The summed E-state index contributed by atoms with van der Waals surface area (Å²) in [4.78, 5) is 34.1. The highest BCUT2D eigenvalue weighted by Gasteiger charge is 2.20. The Hall–Kier alpha value is -2.83. The van der Waals surface area contributed by atoms with E-state index in [9.17, 15) is 14.4 Å². The van der Waals surface area contributed by atoms with Crippen molar-refractivity contribution in [1.82, 2.24) is 10.6 Å². The summed E-state index contributed by atoms with van der Waals surface area (Å²) in [7, 11) is 0. The number of carbonyl (C=O) groups is 3. The predicted molar refractivity (Wildman–Crippen MR) is 90.3 cm³/mol. The van der Waals surface area contributed by atoms with E-state index < -0.39 is 5.97 Å². The molecule has 24 heavy (non-hydrogen) atoms. The molecule has 0 spiro atoms. The molecule has 0 aliphatic carbocycles. The van der Waals surface area contributed by atoms with E-state index in [4.69, 9.17) is 4.74 Å². The lowest BCUT2D eigenvalue weighted by Crippen LogP contribution is -2.40. The average Bonchev–Trinajstić information content (AvgIpc) is 2.98. The molecular weight excluding hydrogens is 310 g/mol. The van der Waals surface area contributed by atoms with E-state index in [1.165, 1.54) is 6.08 Å². The molecule has 1 fully saturated rings. The molecule has 1 aromatic carbocycles. The highest BCUT2D eigenvalue weighted by Crippen LogP contribution is 2.11. The third-order valence-corrected chi connectivity index (χ3v) is 3.46. The van der Waals surface area contributed by atoms with E-state index in [-0.39, 0.29) is 18.0 Å². The fourth-order valence-corrected chi connectivity index (χ4v) is 2.25. The first-order chi connectivity index (χ1) is 11.6. The number of amides is 3. The maximum atomic E-state index is 11.8. The second-order valence-electron chi connectivity index (χ2n) is 5.35. The number of benzene rings is 1. The maximum absolute atomic E-state index is 11.8. The Labute approximate surface area is 140 Å². The minimum absolute atomic E-state index is 0.00126. The largest absolute Gasteiger partial charge is 0.463 e. The molecule has 1 saturated heterocycles. The topological polar surface area (TPSA) is 96.5 Å². The molecule has 1 heterocycles. The highest BCUT2D eigenvalue weighted by atomic mass is 16.5. The molecule has 1 aromatic rings. The molecule has 0 saturated carbocycles. The van der Waals surface area contributed by atoms with Gasteiger partial charge in [-0.05, 0) is 37.1 Å². The predicted octanol–water partition coefficient (Wildman–Crippen LogP) is 1.66. The van der Waals surface area contributed by atoms with Crippen LogP contribution in [0.1, 0.15) is 25.3 Å². The molecular formula is C17H21N3O4. The lowest BCUT2D eigenvalue weighted by molar-refractivity contribution is -0.137. The van der Waals surface area contributed by atoms with Crippen LogP contribution >= 0.6 is 0 Å². The van der Waals surface area contributed by atoms with Crippen molar-refractivity contribution >= 4 is 29.7 Å². The maximum Gasteiger partial charge on any atom is 0.330 e. The Morgan fingerprint density at radius 1 is 1.33 bits per heavy atom. The van der Waals surface area contributed by atoms with Gasteiger partial charge in [0, 0.05) is 30.8 Å². The molecule has 1 aliphatic heterocycles. The quantitative estimate of drug-likeness (QED) is 0.545. The number of rotatable bonds is 6. The van der Waals surface area contributed by atoms with Crippen molar-refractivity contribution in [3.63, 3.8) is 0 Å². The molecule has 7 nitrogen and oxygen atoms in total. The molecule has 0 aromatic heterocycles. The van der Waals surface area contributed by atoms with Crippen molar-refractivity contribution in [2.24, 2.45) is 0 Å². The van der Waals surface area contributed by atoms with Crippen LogP contribution in [-0.2, 0) is 14.3 Å². The summed E-state index contributed by atoms with van der Waals surface area (Å²) in [5.41, 5.74) is 1.46. The Balaban J connectivity index is 1.77. The van der Waals surface area contributed by atoms with Gasteiger partial charge in [-0.25, -0.2) is 9.59 Å². The number of ether oxygens (including phenoxy) is 1. The van der Waals surface area contributed by atoms with Crippen molar-refractivity contribution in [3.05, 3.63) is 35.9 Å². The van der Waals surface area contributed by atoms with Crippen LogP contribution in [0.25, 0.3) is 6.08 Å². The standard InChI is InChI=1S/C17H21N3O4/c1-2-24-16(22)10-5-12-3-6-13(7-4-12)20-17(23)18-11-14-8-9-15(21)19-14/h3-7,10,14H,2,8-9,11H2,1H3,(H,19,21)(H2,18,20,23)/b10-5+. The molecule has 0 bridgehead atoms. The van der Waals surface area contributed by atoms with Gasteiger partial charge in [0.25, 0.3) is 0 Å². The second-order valence-corrected chi connectivity index (χ2v) is 5.35. The van der Waals surface area contributed by atoms with Crippen LogP contribution in [0.15, 0.2) is 30.3 Å². The minimum Gasteiger partial charge on any atom is -0.463 e. The number of hydrogen-bond acceptors (Lipinski definition) is 4. The zero-order chi connectivity index (χ0) is 17.4. The van der Waals surface area contributed by atoms with Crippen molar-refractivity contribution in [2.45, 2.75) is 25.8 Å². The minimum atomic E-state index is -0.391. The van der Waals surface area contributed by atoms with Crippen LogP contribution in [0, 0.1) is 0 Å². The molecule has 1 atom stereocenters. The smallest absolute Gasteiger partial charge is 0.330 e. The molecule has 3 N–H and O–H groups in total. The van der Waals surface area contributed by atoms with Crippen molar-refractivity contribution < 1.29 is 19.1 Å². The Bertz CT molecular complexity index is 625. The molecule has 2 rings (SSSR count). The third-order valence-electron chi connectivity index (χ3n) is 3.46. The van der Waals surface area contributed by atoms with Gasteiger partial charge in [0.1, 0.15) is 0 Å². The van der Waals surface area contributed by atoms with Gasteiger partial charge < -0.3 is 20.7 Å². The van der Waals surface area contributed by atoms with E-state index in [2.05, 4.69) is 16.0 Å². The number of anilines is 1. The Kier molecular flexibility index (Phi) is 6.36. The monoisotopic (exact) mass is 331 g/mol. The van der Waals surface area contributed by atoms with Crippen LogP contribution in [0.3, 0.4) is 0 Å². The van der Waals surface area contributed by atoms with Gasteiger partial charge in [-0.1, -0.05) is 12.1 Å². The first-order valence-electron chi connectivity index (χ1n) is 7.86. The second kappa shape index (κ2) is 8.71. The first-order valence-corrected chi connectivity index (χ1v) is 7.86. The lowest BCUT2D eigenvalue weighted by atomic mass is 10.2. The summed E-state index contributed by atoms with van der Waals surface area (Å²) in [6, 6.07) is 6.71. The van der Waals surface area contributed by atoms with E-state index in [1.807, 2.05) is 0 Å². The summed E-state index contributed by atoms with van der Waals surface area (Å²) >= 11 is 0. The molecule has 7 heteroatoms. The third kappa shape index (κ3) is 5.75. The number of esters is 1. The lowest BCUT2D eigenvalue weighted by Gasteiger charge is -2.12. The SMILES string of the molecule is CCOC(=O)/C=C/c1ccc(NC(=O)NCC2CCC(=O)N2)cc1. The van der Waals surface area contributed by atoms with Crippen LogP contribution in [0.2, 0.25) is 0 Å². The number of nitrogens with one attached hydrogen (secondary N) is 3. The van der Waals surface area contributed by atoms with Gasteiger partial charge in [-0.2, -0.15) is 0 Å². The molecule has 128 valence electrons. The summed E-state index contributed by atoms with van der Waals surface area (Å²) in [6.45, 7) is 2.49. The van der Waals surface area contributed by atoms with Crippen molar-refractivity contribution in [1.29, 1.82) is 0 Å². The Morgan fingerprint density at radius 3 is 2.71 bits per heavy atom. The van der Waals surface area contributed by atoms with Crippen LogP contribution < -0.4 is 16.0 Å². The van der Waals surface area contributed by atoms with E-state index in [0.717, 1.165) is 12.0 Å². The summed E-state index contributed by atoms with van der Waals surface area (Å²) in [5.74, 6) is -0.369. The fourth-order valence-electron chi connectivity index (χ4n) is 2.25. The zero-order valence-electron chi connectivity index (χ0n) is 13.5. The van der Waals surface area contributed by atoms with E-state index >= 15 is 0 Å². The number of urea groups is 1. The highest BCUT2D eigenvalue weighted by molar-refractivity contribution is 5.90. The molecule has 0 radical (unpaired) electrons. The molecule has 1 unspecified atom stereocenters. The number of hydrogen-bond donors (Lipinski definition) is 3. The normalized spacial score (nSPS) is 16.7. The summed E-state index contributed by atoms with van der Waals surface area (Å²) < 4.78 is 4.80. The van der Waals surface area contributed by atoms with E-state index in [1.54, 1.807) is 37.3 Å². The van der Waals surface area contributed by atoms with Gasteiger partial charge in [-0.15, -0.1) is 0 Å². The molecule has 3 amide bonds. The van der Waals surface area contributed by atoms with Crippen LogP contribution in [0.4, 0.5) is 10.5 Å². The zero-order valence-corrected chi connectivity index (χ0v) is 13.5. The van der Waals surface area contributed by atoms with Gasteiger partial charge in [0.15, 0.2) is 0 Å². The van der Waals surface area contributed by atoms with Gasteiger partial charge in [-0.3, -0.25) is 4.79 Å². The van der Waals surface area contributed by atoms with Crippen LogP contribution in [0.5, 0.6) is 0 Å².